The van der Waals surface area contributed by atoms with Crippen LogP contribution in [0.2, 0.25) is 0 Å². The van der Waals surface area contributed by atoms with Gasteiger partial charge in [-0.05, 0) is 30.4 Å². The Labute approximate surface area is 118 Å². The fourth-order valence-corrected chi connectivity index (χ4v) is 3.54. The van der Waals surface area contributed by atoms with Crippen LogP contribution < -0.4 is 4.90 Å². The molecule has 1 aliphatic heterocycles. The van der Waals surface area contributed by atoms with E-state index in [0.29, 0.717) is 5.69 Å². The molecule has 1 aliphatic carbocycles. The van der Waals surface area contributed by atoms with Gasteiger partial charge < -0.3 is 0 Å². The van der Waals surface area contributed by atoms with Crippen LogP contribution in [0.4, 0.5) is 5.69 Å². The third-order valence-corrected chi connectivity index (χ3v) is 4.48. The van der Waals surface area contributed by atoms with E-state index in [1.54, 1.807) is 24.3 Å². The minimum atomic E-state index is -0.275. The smallest absolute Gasteiger partial charge is 0.238 e. The van der Waals surface area contributed by atoms with Gasteiger partial charge in [0.2, 0.25) is 11.8 Å². The van der Waals surface area contributed by atoms with Crippen LogP contribution in [0.25, 0.3) is 0 Å². The SMILES string of the molecule is C=CC1CC(C=C)C2C(=O)N(c3ccccc3)C(=O)C12. The van der Waals surface area contributed by atoms with E-state index in [-0.39, 0.29) is 35.5 Å². The first-order chi connectivity index (χ1) is 9.69. The molecular weight excluding hydrogens is 250 g/mol. The molecule has 20 heavy (non-hydrogen) atoms. The number of nitrogens with zero attached hydrogens (tertiary/aromatic N) is 1. The van der Waals surface area contributed by atoms with Crippen molar-refractivity contribution in [3.63, 3.8) is 0 Å². The first-order valence-corrected chi connectivity index (χ1v) is 6.87. The van der Waals surface area contributed by atoms with E-state index in [9.17, 15) is 9.59 Å². The van der Waals surface area contributed by atoms with E-state index in [1.165, 1.54) is 4.90 Å². The van der Waals surface area contributed by atoms with Gasteiger partial charge in [0.1, 0.15) is 0 Å². The highest BCUT2D eigenvalue weighted by Gasteiger charge is 2.57. The summed E-state index contributed by atoms with van der Waals surface area (Å²) in [5.74, 6) is -0.617. The molecule has 0 bridgehead atoms. The molecular formula is C17H17NO2. The van der Waals surface area contributed by atoms with Crippen molar-refractivity contribution < 1.29 is 9.59 Å². The van der Waals surface area contributed by atoms with E-state index in [2.05, 4.69) is 13.2 Å². The molecule has 3 nitrogen and oxygen atoms in total. The number of fused-ring (bicyclic) bond motifs is 1. The summed E-state index contributed by atoms with van der Waals surface area (Å²) in [6.07, 6.45) is 4.41. The second kappa shape index (κ2) is 4.75. The summed E-state index contributed by atoms with van der Waals surface area (Å²) in [7, 11) is 0. The van der Waals surface area contributed by atoms with Crippen molar-refractivity contribution in [2.75, 3.05) is 4.90 Å². The van der Waals surface area contributed by atoms with Crippen molar-refractivity contribution in [3.8, 4) is 0 Å². The lowest BCUT2D eigenvalue weighted by molar-refractivity contribution is -0.123. The summed E-state index contributed by atoms with van der Waals surface area (Å²) < 4.78 is 0. The number of rotatable bonds is 3. The summed E-state index contributed by atoms with van der Waals surface area (Å²) in [6, 6.07) is 9.12. The number of hydrogen-bond acceptors (Lipinski definition) is 2. The summed E-state index contributed by atoms with van der Waals surface area (Å²) in [5.41, 5.74) is 0.655. The van der Waals surface area contributed by atoms with Gasteiger partial charge in [-0.2, -0.15) is 0 Å². The lowest BCUT2D eigenvalue weighted by atomic mass is 9.89. The normalized spacial score (nSPS) is 32.3. The molecule has 0 spiro atoms. The van der Waals surface area contributed by atoms with Crippen LogP contribution in [-0.2, 0) is 9.59 Å². The first-order valence-electron chi connectivity index (χ1n) is 6.87. The highest BCUT2D eigenvalue weighted by atomic mass is 16.2. The molecule has 3 heteroatoms. The van der Waals surface area contributed by atoms with Crippen LogP contribution in [0, 0.1) is 23.7 Å². The maximum absolute atomic E-state index is 12.7. The second-order valence-corrected chi connectivity index (χ2v) is 5.43. The van der Waals surface area contributed by atoms with Crippen LogP contribution in [-0.4, -0.2) is 11.8 Å². The second-order valence-electron chi connectivity index (χ2n) is 5.43. The molecule has 1 aromatic rings. The van der Waals surface area contributed by atoms with Crippen molar-refractivity contribution in [3.05, 3.63) is 55.6 Å². The average Bonchev–Trinajstić information content (AvgIpc) is 2.97. The Morgan fingerprint density at radius 3 is 1.90 bits per heavy atom. The Bertz CT molecular complexity index is 546. The number of anilines is 1. The summed E-state index contributed by atoms with van der Waals surface area (Å²) >= 11 is 0. The predicted octanol–water partition coefficient (Wildman–Crippen LogP) is 2.80. The van der Waals surface area contributed by atoms with Gasteiger partial charge in [-0.15, -0.1) is 13.2 Å². The molecule has 3 rings (SSSR count). The molecule has 102 valence electrons. The number of hydrogen-bond donors (Lipinski definition) is 0. The van der Waals surface area contributed by atoms with Gasteiger partial charge in [0.25, 0.3) is 0 Å². The Morgan fingerprint density at radius 2 is 1.45 bits per heavy atom. The van der Waals surface area contributed by atoms with Gasteiger partial charge in [0.15, 0.2) is 0 Å². The van der Waals surface area contributed by atoms with Gasteiger partial charge in [0.05, 0.1) is 17.5 Å². The standard InChI is InChI=1S/C17H17NO2/c1-3-11-10-12(4-2)15-14(11)16(19)18(17(15)20)13-8-6-5-7-9-13/h3-9,11-12,14-15H,1-2,10H2. The predicted molar refractivity (Wildman–Crippen MR) is 77.9 cm³/mol. The number of imide groups is 1. The van der Waals surface area contributed by atoms with Gasteiger partial charge >= 0.3 is 0 Å². The number of allylic oxidation sites excluding steroid dienone is 2. The summed E-state index contributed by atoms with van der Waals surface area (Å²) in [4.78, 5) is 26.6. The topological polar surface area (TPSA) is 37.4 Å². The maximum Gasteiger partial charge on any atom is 0.238 e. The third-order valence-electron chi connectivity index (χ3n) is 4.48. The quantitative estimate of drug-likeness (QED) is 0.624. The van der Waals surface area contributed by atoms with Gasteiger partial charge in [-0.1, -0.05) is 30.4 Å². The van der Waals surface area contributed by atoms with E-state index in [0.717, 1.165) is 6.42 Å². The number of amides is 2. The first kappa shape index (κ1) is 12.9. The van der Waals surface area contributed by atoms with Crippen molar-refractivity contribution in [2.45, 2.75) is 6.42 Å². The number of carbonyl (C=O) groups is 2. The van der Waals surface area contributed by atoms with E-state index in [4.69, 9.17) is 0 Å². The molecule has 4 atom stereocenters. The van der Waals surface area contributed by atoms with Crippen LogP contribution >= 0.6 is 0 Å². The maximum atomic E-state index is 12.7. The average molecular weight is 267 g/mol. The minimum Gasteiger partial charge on any atom is -0.274 e. The molecule has 0 aromatic heterocycles. The monoisotopic (exact) mass is 267 g/mol. The lowest BCUT2D eigenvalue weighted by Crippen LogP contribution is -2.33. The van der Waals surface area contributed by atoms with Crippen molar-refractivity contribution in [2.24, 2.45) is 23.7 Å². The summed E-state index contributed by atoms with van der Waals surface area (Å²) in [6.45, 7) is 7.63. The van der Waals surface area contributed by atoms with Crippen LogP contribution in [0.15, 0.2) is 55.6 Å². The molecule has 1 heterocycles. The van der Waals surface area contributed by atoms with Crippen molar-refractivity contribution in [1.29, 1.82) is 0 Å². The number of benzene rings is 1. The Balaban J connectivity index is 2.02. The zero-order chi connectivity index (χ0) is 14.3. The zero-order valence-electron chi connectivity index (χ0n) is 11.2. The molecule has 0 N–H and O–H groups in total. The van der Waals surface area contributed by atoms with E-state index < -0.39 is 0 Å². The van der Waals surface area contributed by atoms with Crippen LogP contribution in [0.3, 0.4) is 0 Å². The number of para-hydroxylation sites is 1. The molecule has 2 aliphatic rings. The Kier molecular flexibility index (Phi) is 3.05. The molecule has 1 aromatic carbocycles. The van der Waals surface area contributed by atoms with E-state index >= 15 is 0 Å². The van der Waals surface area contributed by atoms with Crippen LogP contribution in [0.5, 0.6) is 0 Å². The molecule has 1 saturated heterocycles. The Morgan fingerprint density at radius 1 is 0.950 bits per heavy atom. The fourth-order valence-electron chi connectivity index (χ4n) is 3.54. The molecule has 2 fully saturated rings. The third kappa shape index (κ3) is 1.66. The minimum absolute atomic E-state index is 0.0631. The highest BCUT2D eigenvalue weighted by molar-refractivity contribution is 6.22. The number of carbonyl (C=O) groups excluding carboxylic acids is 2. The van der Waals surface area contributed by atoms with E-state index in [1.807, 2.05) is 18.2 Å². The largest absolute Gasteiger partial charge is 0.274 e. The lowest BCUT2D eigenvalue weighted by Gasteiger charge is -2.18. The Hall–Kier alpha value is -2.16. The molecule has 2 amide bonds. The fraction of sp³-hybridized carbons (Fsp3) is 0.294. The van der Waals surface area contributed by atoms with Gasteiger partial charge in [0, 0.05) is 0 Å². The molecule has 1 saturated carbocycles. The highest BCUT2D eigenvalue weighted by Crippen LogP contribution is 2.49. The van der Waals surface area contributed by atoms with Crippen molar-refractivity contribution >= 4 is 17.5 Å². The van der Waals surface area contributed by atoms with Crippen molar-refractivity contribution in [1.82, 2.24) is 0 Å². The van der Waals surface area contributed by atoms with Gasteiger partial charge in [-0.25, -0.2) is 0 Å². The van der Waals surface area contributed by atoms with Gasteiger partial charge in [-0.3, -0.25) is 14.5 Å². The molecule has 4 unspecified atom stereocenters. The zero-order valence-corrected chi connectivity index (χ0v) is 11.2. The van der Waals surface area contributed by atoms with Crippen LogP contribution in [0.1, 0.15) is 6.42 Å². The molecule has 0 radical (unpaired) electrons. The summed E-state index contributed by atoms with van der Waals surface area (Å²) in [5, 5.41) is 0.